The molecule has 2 heterocycles. The quantitative estimate of drug-likeness (QED) is 0.840. The van der Waals surface area contributed by atoms with Crippen molar-refractivity contribution < 1.29 is 4.74 Å². The molecule has 5 heteroatoms. The molecule has 1 atom stereocenters. The van der Waals surface area contributed by atoms with Crippen LogP contribution in [0.4, 0.5) is 0 Å². The number of aromatic nitrogens is 1. The number of nitrogens with zero attached hydrogens (tertiary/aromatic N) is 2. The van der Waals surface area contributed by atoms with Gasteiger partial charge in [-0.3, -0.25) is 4.90 Å². The predicted molar refractivity (Wildman–Crippen MR) is 88.8 cm³/mol. The maximum Gasteiger partial charge on any atom is 0.123 e. The normalized spacial score (nSPS) is 20.3. The SMILES string of the molecule is CCCN1CCOC(c2nc(CC(C)C)c(CNC)s2)C1. The van der Waals surface area contributed by atoms with Crippen LogP contribution in [0.15, 0.2) is 0 Å². The lowest BCUT2D eigenvalue weighted by Gasteiger charge is -2.31. The van der Waals surface area contributed by atoms with E-state index < -0.39 is 0 Å². The number of nitrogens with one attached hydrogen (secondary N) is 1. The number of thiazole rings is 1. The average Bonchev–Trinajstić information content (AvgIpc) is 2.82. The first-order valence-corrected chi connectivity index (χ1v) is 8.92. The van der Waals surface area contributed by atoms with Crippen molar-refractivity contribution in [2.75, 3.05) is 33.3 Å². The topological polar surface area (TPSA) is 37.4 Å². The largest absolute Gasteiger partial charge is 0.368 e. The minimum Gasteiger partial charge on any atom is -0.368 e. The second kappa shape index (κ2) is 8.22. The molecule has 0 aromatic carbocycles. The summed E-state index contributed by atoms with van der Waals surface area (Å²) in [6.45, 7) is 11.7. The van der Waals surface area contributed by atoms with Gasteiger partial charge in [-0.15, -0.1) is 11.3 Å². The molecule has 1 unspecified atom stereocenters. The van der Waals surface area contributed by atoms with E-state index in [4.69, 9.17) is 9.72 Å². The first-order valence-electron chi connectivity index (χ1n) is 8.11. The van der Waals surface area contributed by atoms with E-state index in [1.165, 1.54) is 17.0 Å². The van der Waals surface area contributed by atoms with Gasteiger partial charge in [0.1, 0.15) is 11.1 Å². The summed E-state index contributed by atoms with van der Waals surface area (Å²) in [4.78, 5) is 8.78. The first-order chi connectivity index (χ1) is 10.1. The highest BCUT2D eigenvalue weighted by Crippen LogP contribution is 2.30. The molecule has 4 nitrogen and oxygen atoms in total. The van der Waals surface area contributed by atoms with E-state index >= 15 is 0 Å². The van der Waals surface area contributed by atoms with Crippen LogP contribution in [0.3, 0.4) is 0 Å². The summed E-state index contributed by atoms with van der Waals surface area (Å²) >= 11 is 1.83. The van der Waals surface area contributed by atoms with Gasteiger partial charge in [-0.2, -0.15) is 0 Å². The van der Waals surface area contributed by atoms with Gasteiger partial charge in [-0.1, -0.05) is 20.8 Å². The van der Waals surface area contributed by atoms with Crippen LogP contribution in [-0.2, 0) is 17.7 Å². The Balaban J connectivity index is 2.11. The van der Waals surface area contributed by atoms with E-state index in [0.29, 0.717) is 5.92 Å². The van der Waals surface area contributed by atoms with Crippen LogP contribution in [0.5, 0.6) is 0 Å². The lowest BCUT2D eigenvalue weighted by atomic mass is 10.1. The second-order valence-corrected chi connectivity index (χ2v) is 7.33. The Hall–Kier alpha value is -0.490. The Morgan fingerprint density at radius 1 is 1.48 bits per heavy atom. The molecule has 1 saturated heterocycles. The van der Waals surface area contributed by atoms with Crippen LogP contribution in [0.2, 0.25) is 0 Å². The van der Waals surface area contributed by atoms with Crippen molar-refractivity contribution in [1.82, 2.24) is 15.2 Å². The van der Waals surface area contributed by atoms with Crippen LogP contribution < -0.4 is 5.32 Å². The first kappa shape index (κ1) is 16.9. The van der Waals surface area contributed by atoms with Gasteiger partial charge < -0.3 is 10.1 Å². The summed E-state index contributed by atoms with van der Waals surface area (Å²) in [5.41, 5.74) is 1.26. The maximum atomic E-state index is 5.98. The molecule has 1 aromatic rings. The highest BCUT2D eigenvalue weighted by Gasteiger charge is 2.25. The number of hydrogen-bond acceptors (Lipinski definition) is 5. The molecule has 1 N–H and O–H groups in total. The van der Waals surface area contributed by atoms with Gasteiger partial charge in [0, 0.05) is 24.5 Å². The zero-order chi connectivity index (χ0) is 15.2. The van der Waals surface area contributed by atoms with Gasteiger partial charge in [-0.05, 0) is 32.4 Å². The third-order valence-electron chi connectivity index (χ3n) is 3.70. The molecule has 0 amide bonds. The van der Waals surface area contributed by atoms with Crippen LogP contribution in [0.1, 0.15) is 48.9 Å². The fraction of sp³-hybridized carbons (Fsp3) is 0.812. The van der Waals surface area contributed by atoms with Crippen molar-refractivity contribution in [3.8, 4) is 0 Å². The summed E-state index contributed by atoms with van der Waals surface area (Å²) in [6, 6.07) is 0. The van der Waals surface area contributed by atoms with Gasteiger partial charge in [-0.25, -0.2) is 4.98 Å². The van der Waals surface area contributed by atoms with Gasteiger partial charge in [0.2, 0.25) is 0 Å². The minimum absolute atomic E-state index is 0.159. The molecule has 0 spiro atoms. The third kappa shape index (κ3) is 4.74. The molecule has 0 radical (unpaired) electrons. The molecule has 120 valence electrons. The Kier molecular flexibility index (Phi) is 6.61. The van der Waals surface area contributed by atoms with E-state index in [9.17, 15) is 0 Å². The Bertz CT molecular complexity index is 431. The van der Waals surface area contributed by atoms with Crippen LogP contribution in [-0.4, -0.2) is 43.2 Å². The van der Waals surface area contributed by atoms with Crippen molar-refractivity contribution in [3.63, 3.8) is 0 Å². The Morgan fingerprint density at radius 3 is 2.95 bits per heavy atom. The number of ether oxygens (including phenoxy) is 1. The lowest BCUT2D eigenvalue weighted by molar-refractivity contribution is -0.0299. The van der Waals surface area contributed by atoms with E-state index in [0.717, 1.165) is 44.2 Å². The molecule has 0 bridgehead atoms. The molecule has 1 aromatic heterocycles. The Labute approximate surface area is 132 Å². The molecular formula is C16H29N3OS. The fourth-order valence-electron chi connectivity index (χ4n) is 2.76. The van der Waals surface area contributed by atoms with Crippen LogP contribution >= 0.6 is 11.3 Å². The van der Waals surface area contributed by atoms with E-state index in [2.05, 4.69) is 31.0 Å². The average molecular weight is 311 g/mol. The van der Waals surface area contributed by atoms with Crippen LogP contribution in [0, 0.1) is 5.92 Å². The minimum atomic E-state index is 0.159. The predicted octanol–water partition coefficient (Wildman–Crippen LogP) is 2.84. The molecule has 0 aliphatic carbocycles. The molecular weight excluding hydrogens is 282 g/mol. The van der Waals surface area contributed by atoms with Crippen LogP contribution in [0.25, 0.3) is 0 Å². The fourth-order valence-corrected chi connectivity index (χ4v) is 3.90. The Morgan fingerprint density at radius 2 is 2.29 bits per heavy atom. The second-order valence-electron chi connectivity index (χ2n) is 6.21. The lowest BCUT2D eigenvalue weighted by Crippen LogP contribution is -2.38. The smallest absolute Gasteiger partial charge is 0.123 e. The summed E-state index contributed by atoms with van der Waals surface area (Å²) in [5, 5.41) is 4.43. The van der Waals surface area contributed by atoms with E-state index in [-0.39, 0.29) is 6.10 Å². The maximum absolute atomic E-state index is 5.98. The zero-order valence-electron chi connectivity index (χ0n) is 13.8. The van der Waals surface area contributed by atoms with Gasteiger partial charge >= 0.3 is 0 Å². The number of hydrogen-bond donors (Lipinski definition) is 1. The van der Waals surface area contributed by atoms with Gasteiger partial charge in [0.25, 0.3) is 0 Å². The number of rotatable bonds is 7. The zero-order valence-corrected chi connectivity index (χ0v) is 14.6. The van der Waals surface area contributed by atoms with Crippen molar-refractivity contribution in [2.45, 2.75) is 46.3 Å². The molecule has 1 fully saturated rings. The highest BCUT2D eigenvalue weighted by molar-refractivity contribution is 7.11. The van der Waals surface area contributed by atoms with E-state index in [1.807, 2.05) is 18.4 Å². The van der Waals surface area contributed by atoms with Crippen molar-refractivity contribution in [1.29, 1.82) is 0 Å². The summed E-state index contributed by atoms with van der Waals surface area (Å²) in [5.74, 6) is 0.638. The molecule has 2 rings (SSSR count). The third-order valence-corrected chi connectivity index (χ3v) is 4.89. The van der Waals surface area contributed by atoms with Crippen molar-refractivity contribution in [3.05, 3.63) is 15.6 Å². The van der Waals surface area contributed by atoms with E-state index in [1.54, 1.807) is 0 Å². The number of morpholine rings is 1. The molecule has 1 aliphatic heterocycles. The summed E-state index contributed by atoms with van der Waals surface area (Å²) in [6.07, 6.45) is 2.42. The highest BCUT2D eigenvalue weighted by atomic mass is 32.1. The van der Waals surface area contributed by atoms with Crippen molar-refractivity contribution in [2.24, 2.45) is 5.92 Å². The molecule has 21 heavy (non-hydrogen) atoms. The molecule has 0 saturated carbocycles. The summed E-state index contributed by atoms with van der Waals surface area (Å²) < 4.78 is 5.98. The summed E-state index contributed by atoms with van der Waals surface area (Å²) in [7, 11) is 2.00. The van der Waals surface area contributed by atoms with Gasteiger partial charge in [0.05, 0.1) is 12.3 Å². The molecule has 1 aliphatic rings. The standard InChI is InChI=1S/C16H29N3OS/c1-5-6-19-7-8-20-14(11-19)16-18-13(9-12(2)3)15(21-16)10-17-4/h12,14,17H,5-11H2,1-4H3. The monoisotopic (exact) mass is 311 g/mol. The van der Waals surface area contributed by atoms with Gasteiger partial charge in [0.15, 0.2) is 0 Å². The van der Waals surface area contributed by atoms with Crippen molar-refractivity contribution >= 4 is 11.3 Å².